The van der Waals surface area contributed by atoms with Crippen molar-refractivity contribution in [3.63, 3.8) is 0 Å². The molecular weight excluding hydrogens is 255 g/mol. The van der Waals surface area contributed by atoms with Crippen LogP contribution in [0.1, 0.15) is 24.9 Å². The highest BCUT2D eigenvalue weighted by atomic mass is 35.5. The minimum absolute atomic E-state index is 0.405. The van der Waals surface area contributed by atoms with E-state index in [9.17, 15) is 0 Å². The van der Waals surface area contributed by atoms with Crippen molar-refractivity contribution in [3.05, 3.63) is 33.8 Å². The van der Waals surface area contributed by atoms with Gasteiger partial charge in [0.15, 0.2) is 0 Å². The molecule has 2 nitrogen and oxygen atoms in total. The predicted octanol–water partition coefficient (Wildman–Crippen LogP) is 3.35. The van der Waals surface area contributed by atoms with E-state index in [2.05, 4.69) is 23.2 Å². The third-order valence-corrected chi connectivity index (χ3v) is 3.86. The first-order chi connectivity index (χ1) is 8.22. The Morgan fingerprint density at radius 2 is 2.00 bits per heavy atom. The molecule has 0 saturated carbocycles. The zero-order valence-electron chi connectivity index (χ0n) is 10.0. The lowest BCUT2D eigenvalue weighted by Crippen LogP contribution is -2.45. The standard InChI is InChI=1S/C13H18Cl2N2/c1-2-13(17-7-5-16-6-8-17)11-4-3-10(14)9-12(11)15/h3-4,9,13,16H,2,5-8H2,1H3/t13-/m0/s1. The number of nitrogens with zero attached hydrogens (tertiary/aromatic N) is 1. The second-order valence-corrected chi connectivity index (χ2v) is 5.22. The SMILES string of the molecule is CC[C@@H](c1ccc(Cl)cc1Cl)N1CCNCC1. The van der Waals surface area contributed by atoms with E-state index in [1.807, 2.05) is 12.1 Å². The Bertz CT molecular complexity index is 376. The van der Waals surface area contributed by atoms with Crippen molar-refractivity contribution in [1.29, 1.82) is 0 Å². The molecule has 0 aliphatic carbocycles. The third kappa shape index (κ3) is 3.14. The molecule has 0 amide bonds. The van der Waals surface area contributed by atoms with Crippen LogP contribution in [0.3, 0.4) is 0 Å². The van der Waals surface area contributed by atoms with Gasteiger partial charge in [-0.1, -0.05) is 36.2 Å². The Labute approximate surface area is 113 Å². The van der Waals surface area contributed by atoms with Gasteiger partial charge in [-0.05, 0) is 24.1 Å². The molecule has 94 valence electrons. The van der Waals surface area contributed by atoms with Crippen LogP contribution in [0.2, 0.25) is 10.0 Å². The summed E-state index contributed by atoms with van der Waals surface area (Å²) in [5.41, 5.74) is 1.19. The van der Waals surface area contributed by atoms with Crippen LogP contribution in [-0.4, -0.2) is 31.1 Å². The molecule has 1 aromatic carbocycles. The summed E-state index contributed by atoms with van der Waals surface area (Å²) in [6.45, 7) is 6.48. The van der Waals surface area contributed by atoms with Crippen molar-refractivity contribution in [2.75, 3.05) is 26.2 Å². The van der Waals surface area contributed by atoms with Crippen LogP contribution in [0.4, 0.5) is 0 Å². The maximum atomic E-state index is 6.30. The smallest absolute Gasteiger partial charge is 0.0468 e. The number of hydrogen-bond acceptors (Lipinski definition) is 2. The van der Waals surface area contributed by atoms with Crippen LogP contribution < -0.4 is 5.32 Å². The van der Waals surface area contributed by atoms with Crippen molar-refractivity contribution < 1.29 is 0 Å². The number of rotatable bonds is 3. The van der Waals surface area contributed by atoms with Crippen molar-refractivity contribution in [3.8, 4) is 0 Å². The Morgan fingerprint density at radius 3 is 2.59 bits per heavy atom. The first kappa shape index (κ1) is 13.2. The van der Waals surface area contributed by atoms with Crippen LogP contribution in [0.15, 0.2) is 18.2 Å². The summed E-state index contributed by atoms with van der Waals surface area (Å²) in [7, 11) is 0. The van der Waals surface area contributed by atoms with Gasteiger partial charge in [0, 0.05) is 42.3 Å². The topological polar surface area (TPSA) is 15.3 Å². The van der Waals surface area contributed by atoms with Gasteiger partial charge in [-0.2, -0.15) is 0 Å². The van der Waals surface area contributed by atoms with Gasteiger partial charge in [0.2, 0.25) is 0 Å². The summed E-state index contributed by atoms with van der Waals surface area (Å²) in [5, 5.41) is 4.86. The van der Waals surface area contributed by atoms with E-state index in [0.717, 1.165) is 37.6 Å². The molecule has 1 aliphatic heterocycles. The quantitative estimate of drug-likeness (QED) is 0.908. The van der Waals surface area contributed by atoms with Gasteiger partial charge < -0.3 is 5.32 Å². The molecule has 1 aliphatic rings. The van der Waals surface area contributed by atoms with Gasteiger partial charge in [0.05, 0.1) is 0 Å². The maximum absolute atomic E-state index is 6.30. The molecule has 1 fully saturated rings. The largest absolute Gasteiger partial charge is 0.314 e. The normalized spacial score (nSPS) is 19.2. The molecule has 1 aromatic rings. The van der Waals surface area contributed by atoms with Gasteiger partial charge in [0.25, 0.3) is 0 Å². The van der Waals surface area contributed by atoms with E-state index in [1.165, 1.54) is 5.56 Å². The minimum atomic E-state index is 0.405. The first-order valence-electron chi connectivity index (χ1n) is 6.12. The molecule has 0 aromatic heterocycles. The molecule has 1 atom stereocenters. The molecule has 2 rings (SSSR count). The summed E-state index contributed by atoms with van der Waals surface area (Å²) in [6, 6.07) is 6.22. The van der Waals surface area contributed by atoms with Crippen LogP contribution in [-0.2, 0) is 0 Å². The molecule has 0 unspecified atom stereocenters. The molecule has 1 N–H and O–H groups in total. The summed E-state index contributed by atoms with van der Waals surface area (Å²) in [6.07, 6.45) is 1.07. The van der Waals surface area contributed by atoms with Gasteiger partial charge in [-0.15, -0.1) is 0 Å². The monoisotopic (exact) mass is 272 g/mol. The number of nitrogens with one attached hydrogen (secondary N) is 1. The van der Waals surface area contributed by atoms with Crippen molar-refractivity contribution in [1.82, 2.24) is 10.2 Å². The molecule has 0 radical (unpaired) electrons. The lowest BCUT2D eigenvalue weighted by atomic mass is 10.0. The van der Waals surface area contributed by atoms with E-state index < -0.39 is 0 Å². The van der Waals surface area contributed by atoms with Crippen molar-refractivity contribution >= 4 is 23.2 Å². The van der Waals surface area contributed by atoms with Gasteiger partial charge >= 0.3 is 0 Å². The average Bonchev–Trinajstić information content (AvgIpc) is 2.34. The maximum Gasteiger partial charge on any atom is 0.0468 e. The Kier molecular flexibility index (Phi) is 4.69. The molecular formula is C13H18Cl2N2. The van der Waals surface area contributed by atoms with Crippen LogP contribution in [0.5, 0.6) is 0 Å². The molecule has 0 spiro atoms. The van der Waals surface area contributed by atoms with E-state index in [4.69, 9.17) is 23.2 Å². The average molecular weight is 273 g/mol. The Balaban J connectivity index is 2.21. The van der Waals surface area contributed by atoms with Crippen LogP contribution >= 0.6 is 23.2 Å². The Hall–Kier alpha value is -0.280. The summed E-state index contributed by atoms with van der Waals surface area (Å²) in [5.74, 6) is 0. The number of piperazine rings is 1. The lowest BCUT2D eigenvalue weighted by molar-refractivity contribution is 0.169. The summed E-state index contributed by atoms with van der Waals surface area (Å²) < 4.78 is 0. The fourth-order valence-corrected chi connectivity index (χ4v) is 2.97. The highest BCUT2D eigenvalue weighted by Crippen LogP contribution is 2.32. The zero-order chi connectivity index (χ0) is 12.3. The second-order valence-electron chi connectivity index (χ2n) is 4.38. The number of hydrogen-bond donors (Lipinski definition) is 1. The van der Waals surface area contributed by atoms with E-state index in [-0.39, 0.29) is 0 Å². The Morgan fingerprint density at radius 1 is 1.29 bits per heavy atom. The summed E-state index contributed by atoms with van der Waals surface area (Å²) in [4.78, 5) is 2.49. The van der Waals surface area contributed by atoms with Gasteiger partial charge in [-0.25, -0.2) is 0 Å². The molecule has 4 heteroatoms. The van der Waals surface area contributed by atoms with Crippen LogP contribution in [0.25, 0.3) is 0 Å². The van der Waals surface area contributed by atoms with Crippen molar-refractivity contribution in [2.45, 2.75) is 19.4 Å². The minimum Gasteiger partial charge on any atom is -0.314 e. The molecule has 1 saturated heterocycles. The van der Waals surface area contributed by atoms with Crippen LogP contribution in [0, 0.1) is 0 Å². The van der Waals surface area contributed by atoms with Gasteiger partial charge in [-0.3, -0.25) is 4.90 Å². The van der Waals surface area contributed by atoms with E-state index in [0.29, 0.717) is 11.1 Å². The second kappa shape index (κ2) is 6.05. The third-order valence-electron chi connectivity index (χ3n) is 3.30. The van der Waals surface area contributed by atoms with E-state index >= 15 is 0 Å². The van der Waals surface area contributed by atoms with Gasteiger partial charge in [0.1, 0.15) is 0 Å². The molecule has 17 heavy (non-hydrogen) atoms. The highest BCUT2D eigenvalue weighted by Gasteiger charge is 2.22. The fraction of sp³-hybridized carbons (Fsp3) is 0.538. The molecule has 1 heterocycles. The summed E-state index contributed by atoms with van der Waals surface area (Å²) >= 11 is 12.2. The molecule has 0 bridgehead atoms. The lowest BCUT2D eigenvalue weighted by Gasteiger charge is -2.35. The fourth-order valence-electron chi connectivity index (χ4n) is 2.44. The first-order valence-corrected chi connectivity index (χ1v) is 6.87. The predicted molar refractivity (Wildman–Crippen MR) is 73.9 cm³/mol. The highest BCUT2D eigenvalue weighted by molar-refractivity contribution is 6.35. The number of benzene rings is 1. The van der Waals surface area contributed by atoms with Crippen molar-refractivity contribution in [2.24, 2.45) is 0 Å². The zero-order valence-corrected chi connectivity index (χ0v) is 11.6. The number of halogens is 2. The van der Waals surface area contributed by atoms with E-state index in [1.54, 1.807) is 0 Å².